The number of nitrogens with zero attached hydrogens (tertiary/aromatic N) is 1. The molecule has 0 unspecified atom stereocenters. The van der Waals surface area contributed by atoms with Crippen molar-refractivity contribution in [2.75, 3.05) is 33.2 Å². The van der Waals surface area contributed by atoms with Crippen molar-refractivity contribution in [3.8, 4) is 0 Å². The number of piperidine rings is 1. The van der Waals surface area contributed by atoms with Crippen LogP contribution in [0.2, 0.25) is 0 Å². The summed E-state index contributed by atoms with van der Waals surface area (Å²) in [6.07, 6.45) is 7.05. The second-order valence-electron chi connectivity index (χ2n) is 6.78. The van der Waals surface area contributed by atoms with Crippen LogP contribution in [0.15, 0.2) is 0 Å². The highest BCUT2D eigenvalue weighted by molar-refractivity contribution is 5.84. The number of fused-ring (bicyclic) bond motifs is 1. The van der Waals surface area contributed by atoms with Crippen molar-refractivity contribution in [3.05, 3.63) is 0 Å². The third-order valence-electron chi connectivity index (χ3n) is 5.54. The Morgan fingerprint density at radius 2 is 2.05 bits per heavy atom. The van der Waals surface area contributed by atoms with Crippen molar-refractivity contribution in [1.82, 2.24) is 15.5 Å². The summed E-state index contributed by atoms with van der Waals surface area (Å²) < 4.78 is 0. The van der Waals surface area contributed by atoms with Gasteiger partial charge in [0.05, 0.1) is 5.41 Å². The summed E-state index contributed by atoms with van der Waals surface area (Å²) in [5.74, 6) is 0.921. The summed E-state index contributed by atoms with van der Waals surface area (Å²) in [5, 5.41) is 6.83. The fraction of sp³-hybridized carbons (Fsp3) is 0.933. The predicted octanol–water partition coefficient (Wildman–Crippen LogP) is 0.977. The number of carbonyl (C=O) groups is 1. The molecule has 3 fully saturated rings. The summed E-state index contributed by atoms with van der Waals surface area (Å²) in [4.78, 5) is 15.1. The van der Waals surface area contributed by atoms with E-state index in [2.05, 4.69) is 22.6 Å². The first-order valence-corrected chi connectivity index (χ1v) is 7.91. The Bertz CT molecular complexity index is 338. The maximum Gasteiger partial charge on any atom is 0.228 e. The molecule has 0 spiro atoms. The van der Waals surface area contributed by atoms with E-state index in [1.165, 1.54) is 19.3 Å². The van der Waals surface area contributed by atoms with Crippen molar-refractivity contribution in [1.29, 1.82) is 0 Å². The lowest BCUT2D eigenvalue weighted by molar-refractivity contribution is -0.135. The summed E-state index contributed by atoms with van der Waals surface area (Å²) in [6, 6.07) is 0.404. The molecule has 4 heteroatoms. The number of carbonyl (C=O) groups excluding carboxylic acids is 1. The normalized spacial score (nSPS) is 37.0. The molecule has 0 aromatic heterocycles. The molecule has 2 atom stereocenters. The molecule has 2 saturated heterocycles. The average molecular weight is 265 g/mol. The minimum Gasteiger partial charge on any atom is -0.353 e. The van der Waals surface area contributed by atoms with E-state index in [0.717, 1.165) is 45.4 Å². The van der Waals surface area contributed by atoms with Crippen molar-refractivity contribution in [2.24, 2.45) is 11.3 Å². The van der Waals surface area contributed by atoms with Gasteiger partial charge in [-0.25, -0.2) is 0 Å². The lowest BCUT2D eigenvalue weighted by Gasteiger charge is -2.39. The molecule has 19 heavy (non-hydrogen) atoms. The number of hydrogen-bond acceptors (Lipinski definition) is 3. The maximum atomic E-state index is 12.8. The summed E-state index contributed by atoms with van der Waals surface area (Å²) >= 11 is 0. The molecular weight excluding hydrogens is 238 g/mol. The highest BCUT2D eigenvalue weighted by atomic mass is 16.2. The number of nitrogens with one attached hydrogen (secondary N) is 2. The van der Waals surface area contributed by atoms with Gasteiger partial charge in [0, 0.05) is 12.6 Å². The van der Waals surface area contributed by atoms with Gasteiger partial charge < -0.3 is 15.5 Å². The van der Waals surface area contributed by atoms with E-state index < -0.39 is 0 Å². The average Bonchev–Trinajstić information content (AvgIpc) is 2.86. The molecule has 1 saturated carbocycles. The van der Waals surface area contributed by atoms with Gasteiger partial charge in [-0.2, -0.15) is 0 Å². The van der Waals surface area contributed by atoms with Gasteiger partial charge in [-0.3, -0.25) is 4.79 Å². The van der Waals surface area contributed by atoms with Crippen LogP contribution in [-0.2, 0) is 4.79 Å². The standard InChI is InChI=1S/C15H27N3O/c1-18-8-5-13(6-9-18)17-14(19)15-7-3-2-4-12(15)10-16-11-15/h12-13,16H,2-11H2,1H3,(H,17,19)/t12-,15+/m0/s1. The van der Waals surface area contributed by atoms with Gasteiger partial charge in [0.1, 0.15) is 0 Å². The zero-order valence-corrected chi connectivity index (χ0v) is 12.1. The minimum absolute atomic E-state index is 0.0817. The number of hydrogen-bond donors (Lipinski definition) is 2. The van der Waals surface area contributed by atoms with Crippen LogP contribution in [0, 0.1) is 11.3 Å². The molecule has 1 aliphatic carbocycles. The molecule has 3 aliphatic rings. The fourth-order valence-corrected chi connectivity index (χ4v) is 4.17. The first kappa shape index (κ1) is 13.4. The summed E-state index contributed by atoms with van der Waals surface area (Å²) in [6.45, 7) is 4.16. The van der Waals surface area contributed by atoms with Crippen molar-refractivity contribution >= 4 is 5.91 Å². The van der Waals surface area contributed by atoms with Gasteiger partial charge in [-0.05, 0) is 58.3 Å². The Kier molecular flexibility index (Phi) is 3.81. The van der Waals surface area contributed by atoms with Crippen LogP contribution in [0.3, 0.4) is 0 Å². The SMILES string of the molecule is CN1CCC(NC(=O)[C@@]23CCCC[C@H]2CNC3)CC1. The zero-order chi connectivity index (χ0) is 13.3. The van der Waals surface area contributed by atoms with Crippen LogP contribution in [-0.4, -0.2) is 50.1 Å². The van der Waals surface area contributed by atoms with E-state index in [4.69, 9.17) is 0 Å². The molecule has 0 bridgehead atoms. The molecule has 0 aromatic rings. The third-order valence-corrected chi connectivity index (χ3v) is 5.54. The van der Waals surface area contributed by atoms with Crippen molar-refractivity contribution in [3.63, 3.8) is 0 Å². The fourth-order valence-electron chi connectivity index (χ4n) is 4.17. The lowest BCUT2D eigenvalue weighted by atomic mass is 9.67. The smallest absolute Gasteiger partial charge is 0.228 e. The second kappa shape index (κ2) is 5.41. The molecule has 3 rings (SSSR count). The first-order valence-electron chi connectivity index (χ1n) is 7.91. The molecular formula is C15H27N3O. The zero-order valence-electron chi connectivity index (χ0n) is 12.1. The largest absolute Gasteiger partial charge is 0.353 e. The molecule has 4 nitrogen and oxygen atoms in total. The number of rotatable bonds is 2. The van der Waals surface area contributed by atoms with E-state index in [-0.39, 0.29) is 5.41 Å². The molecule has 1 amide bonds. The number of likely N-dealkylation sites (tertiary alicyclic amines) is 1. The van der Waals surface area contributed by atoms with E-state index >= 15 is 0 Å². The van der Waals surface area contributed by atoms with Crippen LogP contribution in [0.1, 0.15) is 38.5 Å². The maximum absolute atomic E-state index is 12.8. The molecule has 0 aromatic carbocycles. The molecule has 2 heterocycles. The lowest BCUT2D eigenvalue weighted by Crippen LogP contribution is -2.52. The van der Waals surface area contributed by atoms with Crippen LogP contribution >= 0.6 is 0 Å². The monoisotopic (exact) mass is 265 g/mol. The first-order chi connectivity index (χ1) is 9.21. The molecule has 108 valence electrons. The Morgan fingerprint density at radius 1 is 1.26 bits per heavy atom. The quantitative estimate of drug-likeness (QED) is 0.782. The highest BCUT2D eigenvalue weighted by Crippen LogP contribution is 2.44. The van der Waals surface area contributed by atoms with E-state index in [1.54, 1.807) is 0 Å². The summed E-state index contributed by atoms with van der Waals surface area (Å²) in [5.41, 5.74) is -0.0817. The van der Waals surface area contributed by atoms with Crippen LogP contribution in [0.25, 0.3) is 0 Å². The Morgan fingerprint density at radius 3 is 2.84 bits per heavy atom. The Hall–Kier alpha value is -0.610. The highest BCUT2D eigenvalue weighted by Gasteiger charge is 2.50. The van der Waals surface area contributed by atoms with Gasteiger partial charge in [-0.15, -0.1) is 0 Å². The van der Waals surface area contributed by atoms with Gasteiger partial charge in [0.15, 0.2) is 0 Å². The minimum atomic E-state index is -0.0817. The predicted molar refractivity (Wildman–Crippen MR) is 75.9 cm³/mol. The van der Waals surface area contributed by atoms with Crippen LogP contribution in [0.5, 0.6) is 0 Å². The Labute approximate surface area is 116 Å². The molecule has 0 radical (unpaired) electrons. The molecule has 2 N–H and O–H groups in total. The van der Waals surface area contributed by atoms with E-state index in [1.807, 2.05) is 0 Å². The van der Waals surface area contributed by atoms with Gasteiger partial charge in [0.25, 0.3) is 0 Å². The molecule has 2 aliphatic heterocycles. The third kappa shape index (κ3) is 2.52. The van der Waals surface area contributed by atoms with Gasteiger partial charge in [0.2, 0.25) is 5.91 Å². The number of amides is 1. The second-order valence-corrected chi connectivity index (χ2v) is 6.78. The van der Waals surface area contributed by atoms with Gasteiger partial charge in [-0.1, -0.05) is 12.8 Å². The summed E-state index contributed by atoms with van der Waals surface area (Å²) in [7, 11) is 2.16. The van der Waals surface area contributed by atoms with Crippen LogP contribution in [0.4, 0.5) is 0 Å². The van der Waals surface area contributed by atoms with E-state index in [9.17, 15) is 4.79 Å². The van der Waals surface area contributed by atoms with E-state index in [0.29, 0.717) is 17.9 Å². The topological polar surface area (TPSA) is 44.4 Å². The Balaban J connectivity index is 1.62. The van der Waals surface area contributed by atoms with Crippen molar-refractivity contribution in [2.45, 2.75) is 44.6 Å². The van der Waals surface area contributed by atoms with Crippen LogP contribution < -0.4 is 10.6 Å². The van der Waals surface area contributed by atoms with Crippen molar-refractivity contribution < 1.29 is 4.79 Å². The van der Waals surface area contributed by atoms with Gasteiger partial charge >= 0.3 is 0 Å².